The van der Waals surface area contributed by atoms with Gasteiger partial charge < -0.3 is 0 Å². The summed E-state index contributed by atoms with van der Waals surface area (Å²) >= 11 is 3.32. The molecule has 2 rings (SSSR count). The summed E-state index contributed by atoms with van der Waals surface area (Å²) in [4.78, 5) is 0.367. The second kappa shape index (κ2) is 5.31. The zero-order valence-electron chi connectivity index (χ0n) is 10.6. The molecule has 0 aliphatic carbocycles. The SMILES string of the molecule is C[C@H]1C[C@H](C)CN(S(=O)(=O)c2ccccc2Br)C1. The van der Waals surface area contributed by atoms with Gasteiger partial charge in [-0.3, -0.25) is 0 Å². The van der Waals surface area contributed by atoms with Crippen LogP contribution in [0.4, 0.5) is 0 Å². The van der Waals surface area contributed by atoms with Crippen LogP contribution in [0.1, 0.15) is 20.3 Å². The van der Waals surface area contributed by atoms with Crippen LogP contribution in [0.5, 0.6) is 0 Å². The predicted molar refractivity (Wildman–Crippen MR) is 75.8 cm³/mol. The Morgan fingerprint density at radius 2 is 1.72 bits per heavy atom. The van der Waals surface area contributed by atoms with Crippen LogP contribution < -0.4 is 0 Å². The number of halogens is 1. The van der Waals surface area contributed by atoms with E-state index in [0.29, 0.717) is 34.3 Å². The topological polar surface area (TPSA) is 37.4 Å². The third-order valence-corrected chi connectivity index (χ3v) is 6.13. The summed E-state index contributed by atoms with van der Waals surface area (Å²) in [5.41, 5.74) is 0. The normalized spacial score (nSPS) is 26.2. The molecule has 0 spiro atoms. The lowest BCUT2D eigenvalue weighted by Crippen LogP contribution is -2.42. The fourth-order valence-electron chi connectivity index (χ4n) is 2.60. The standard InChI is InChI=1S/C13H18BrNO2S/c1-10-7-11(2)9-15(8-10)18(16,17)13-6-4-3-5-12(13)14/h3-6,10-11H,7-9H2,1-2H3/t10-,11-/m0/s1. The van der Waals surface area contributed by atoms with Crippen LogP contribution in [0.25, 0.3) is 0 Å². The highest BCUT2D eigenvalue weighted by Crippen LogP contribution is 2.29. The molecule has 2 atom stereocenters. The molecule has 1 aromatic rings. The van der Waals surface area contributed by atoms with Crippen LogP contribution in [0, 0.1) is 11.8 Å². The van der Waals surface area contributed by atoms with Gasteiger partial charge in [-0.05, 0) is 46.3 Å². The van der Waals surface area contributed by atoms with Crippen molar-refractivity contribution in [2.75, 3.05) is 13.1 Å². The van der Waals surface area contributed by atoms with Gasteiger partial charge in [-0.2, -0.15) is 4.31 Å². The number of piperidine rings is 1. The van der Waals surface area contributed by atoms with Crippen molar-refractivity contribution in [3.05, 3.63) is 28.7 Å². The Balaban J connectivity index is 2.34. The molecular formula is C13H18BrNO2S. The second-order valence-electron chi connectivity index (χ2n) is 5.20. The van der Waals surface area contributed by atoms with Crippen molar-refractivity contribution in [1.82, 2.24) is 4.31 Å². The molecule has 1 aromatic carbocycles. The van der Waals surface area contributed by atoms with Crippen LogP contribution in [0.2, 0.25) is 0 Å². The second-order valence-corrected chi connectivity index (χ2v) is 7.96. The average Bonchev–Trinajstić information content (AvgIpc) is 2.28. The monoisotopic (exact) mass is 331 g/mol. The highest BCUT2D eigenvalue weighted by Gasteiger charge is 2.32. The molecule has 1 aliphatic rings. The quantitative estimate of drug-likeness (QED) is 0.834. The van der Waals surface area contributed by atoms with E-state index in [1.807, 2.05) is 6.07 Å². The molecule has 0 radical (unpaired) electrons. The lowest BCUT2D eigenvalue weighted by Gasteiger charge is -2.34. The van der Waals surface area contributed by atoms with E-state index in [9.17, 15) is 8.42 Å². The fraction of sp³-hybridized carbons (Fsp3) is 0.538. The van der Waals surface area contributed by atoms with Gasteiger partial charge in [0.2, 0.25) is 10.0 Å². The summed E-state index contributed by atoms with van der Waals surface area (Å²) in [6.07, 6.45) is 1.10. The van der Waals surface area contributed by atoms with Gasteiger partial charge in [-0.1, -0.05) is 26.0 Å². The Morgan fingerprint density at radius 1 is 1.17 bits per heavy atom. The number of hydrogen-bond donors (Lipinski definition) is 0. The van der Waals surface area contributed by atoms with Crippen LogP contribution >= 0.6 is 15.9 Å². The van der Waals surface area contributed by atoms with Gasteiger partial charge in [0, 0.05) is 17.6 Å². The van der Waals surface area contributed by atoms with Gasteiger partial charge in [0.1, 0.15) is 0 Å². The third kappa shape index (κ3) is 2.78. The van der Waals surface area contributed by atoms with Crippen LogP contribution in [-0.2, 0) is 10.0 Å². The van der Waals surface area contributed by atoms with Gasteiger partial charge in [-0.15, -0.1) is 0 Å². The van der Waals surface area contributed by atoms with Crippen molar-refractivity contribution >= 4 is 26.0 Å². The van der Waals surface area contributed by atoms with Gasteiger partial charge >= 0.3 is 0 Å². The molecule has 0 unspecified atom stereocenters. The molecule has 1 saturated heterocycles. The van der Waals surface area contributed by atoms with E-state index >= 15 is 0 Å². The lowest BCUT2D eigenvalue weighted by molar-refractivity contribution is 0.222. The van der Waals surface area contributed by atoms with E-state index in [1.165, 1.54) is 0 Å². The van der Waals surface area contributed by atoms with Gasteiger partial charge in [0.25, 0.3) is 0 Å². The molecule has 0 saturated carbocycles. The maximum Gasteiger partial charge on any atom is 0.244 e. The van der Waals surface area contributed by atoms with Crippen LogP contribution in [0.3, 0.4) is 0 Å². The molecule has 0 amide bonds. The van der Waals surface area contributed by atoms with Gasteiger partial charge in [-0.25, -0.2) is 8.42 Å². The first-order valence-corrected chi connectivity index (χ1v) is 8.39. The Kier molecular flexibility index (Phi) is 4.14. The summed E-state index contributed by atoms with van der Waals surface area (Å²) < 4.78 is 27.4. The van der Waals surface area contributed by atoms with Crippen LogP contribution in [0.15, 0.2) is 33.6 Å². The Morgan fingerprint density at radius 3 is 2.28 bits per heavy atom. The number of benzene rings is 1. The molecule has 1 aliphatic heterocycles. The highest BCUT2D eigenvalue weighted by atomic mass is 79.9. The molecule has 0 bridgehead atoms. The van der Waals surface area contributed by atoms with Gasteiger partial charge in [0.15, 0.2) is 0 Å². The minimum absolute atomic E-state index is 0.367. The first kappa shape index (κ1) is 14.0. The molecule has 0 aromatic heterocycles. The maximum atomic E-state index is 12.6. The van der Waals surface area contributed by atoms with E-state index in [2.05, 4.69) is 29.8 Å². The van der Waals surface area contributed by atoms with E-state index in [4.69, 9.17) is 0 Å². The fourth-order valence-corrected chi connectivity index (χ4v) is 5.24. The van der Waals surface area contributed by atoms with E-state index in [0.717, 1.165) is 6.42 Å². The number of hydrogen-bond acceptors (Lipinski definition) is 2. The summed E-state index contributed by atoms with van der Waals surface area (Å²) in [5, 5.41) is 0. The van der Waals surface area contributed by atoms with Crippen molar-refractivity contribution in [2.24, 2.45) is 11.8 Å². The Hall–Kier alpha value is -0.390. The largest absolute Gasteiger partial charge is 0.244 e. The first-order chi connectivity index (χ1) is 8.41. The van der Waals surface area contributed by atoms with Crippen molar-refractivity contribution in [3.8, 4) is 0 Å². The van der Waals surface area contributed by atoms with Crippen molar-refractivity contribution in [1.29, 1.82) is 0 Å². The van der Waals surface area contributed by atoms with Gasteiger partial charge in [0.05, 0.1) is 4.90 Å². The lowest BCUT2D eigenvalue weighted by atomic mass is 9.94. The van der Waals surface area contributed by atoms with E-state index < -0.39 is 10.0 Å². The van der Waals surface area contributed by atoms with Crippen molar-refractivity contribution in [3.63, 3.8) is 0 Å². The molecule has 5 heteroatoms. The Labute approximate surface area is 117 Å². The molecule has 18 heavy (non-hydrogen) atoms. The zero-order valence-corrected chi connectivity index (χ0v) is 13.0. The maximum absolute atomic E-state index is 12.6. The first-order valence-electron chi connectivity index (χ1n) is 6.16. The third-order valence-electron chi connectivity index (χ3n) is 3.29. The molecule has 1 fully saturated rings. The summed E-state index contributed by atoms with van der Waals surface area (Å²) in [6.45, 7) is 5.46. The Bertz CT molecular complexity index is 520. The smallest absolute Gasteiger partial charge is 0.207 e. The predicted octanol–water partition coefficient (Wildman–Crippen LogP) is 3.12. The highest BCUT2D eigenvalue weighted by molar-refractivity contribution is 9.10. The van der Waals surface area contributed by atoms with E-state index in [1.54, 1.807) is 22.5 Å². The molecule has 1 heterocycles. The number of sulfonamides is 1. The number of nitrogens with zero attached hydrogens (tertiary/aromatic N) is 1. The van der Waals surface area contributed by atoms with Crippen LogP contribution in [-0.4, -0.2) is 25.8 Å². The minimum Gasteiger partial charge on any atom is -0.207 e. The van der Waals surface area contributed by atoms with E-state index in [-0.39, 0.29) is 0 Å². The minimum atomic E-state index is -3.37. The molecule has 100 valence electrons. The molecule has 3 nitrogen and oxygen atoms in total. The summed E-state index contributed by atoms with van der Waals surface area (Å²) in [7, 11) is -3.37. The summed E-state index contributed by atoms with van der Waals surface area (Å²) in [6, 6.07) is 7.01. The average molecular weight is 332 g/mol. The molecule has 0 N–H and O–H groups in total. The summed E-state index contributed by atoms with van der Waals surface area (Å²) in [5.74, 6) is 0.844. The van der Waals surface area contributed by atoms with Crippen molar-refractivity contribution in [2.45, 2.75) is 25.2 Å². The number of rotatable bonds is 2. The van der Waals surface area contributed by atoms with Crippen molar-refractivity contribution < 1.29 is 8.42 Å². The zero-order chi connectivity index (χ0) is 13.3. The molecular weight excluding hydrogens is 314 g/mol.